The van der Waals surface area contributed by atoms with Crippen LogP contribution in [0.15, 0.2) is 54.6 Å². The van der Waals surface area contributed by atoms with Gasteiger partial charge in [0, 0.05) is 16.6 Å². The molecule has 3 nitrogen and oxygen atoms in total. The molecule has 0 bridgehead atoms. The molecule has 0 aliphatic rings. The Morgan fingerprint density at radius 2 is 1.80 bits per heavy atom. The number of benzene rings is 2. The summed E-state index contributed by atoms with van der Waals surface area (Å²) < 4.78 is 5.71. The Hall–Kier alpha value is -2.55. The van der Waals surface area contributed by atoms with E-state index in [1.807, 2.05) is 43.3 Å². The monoisotopic (exact) mass is 265 g/mol. The zero-order valence-electron chi connectivity index (χ0n) is 11.2. The maximum Gasteiger partial charge on any atom is 0.161 e. The standard InChI is InChI=1S/C17H15NO2/c1-12-10-13(14-6-2-3-7-15(14)18-12)11-20-17-9-5-4-8-16(17)19/h2-10,19H,11H2,1H3. The second-order valence-corrected chi connectivity index (χ2v) is 4.70. The summed E-state index contributed by atoms with van der Waals surface area (Å²) in [5, 5.41) is 10.8. The van der Waals surface area contributed by atoms with Crippen molar-refractivity contribution >= 4 is 10.9 Å². The van der Waals surface area contributed by atoms with Crippen molar-refractivity contribution in [2.45, 2.75) is 13.5 Å². The highest BCUT2D eigenvalue weighted by atomic mass is 16.5. The van der Waals surface area contributed by atoms with Gasteiger partial charge in [-0.3, -0.25) is 4.98 Å². The van der Waals surface area contributed by atoms with Gasteiger partial charge >= 0.3 is 0 Å². The molecule has 100 valence electrons. The molecule has 20 heavy (non-hydrogen) atoms. The van der Waals surface area contributed by atoms with Gasteiger partial charge in [-0.1, -0.05) is 30.3 Å². The third-order valence-corrected chi connectivity index (χ3v) is 3.18. The fourth-order valence-corrected chi connectivity index (χ4v) is 2.25. The molecule has 0 amide bonds. The van der Waals surface area contributed by atoms with E-state index in [0.29, 0.717) is 12.4 Å². The van der Waals surface area contributed by atoms with Crippen LogP contribution >= 0.6 is 0 Å². The summed E-state index contributed by atoms with van der Waals surface area (Å²) >= 11 is 0. The van der Waals surface area contributed by atoms with Gasteiger partial charge in [0.15, 0.2) is 11.5 Å². The molecule has 0 atom stereocenters. The van der Waals surface area contributed by atoms with E-state index in [1.165, 1.54) is 0 Å². The Bertz CT molecular complexity index is 753. The van der Waals surface area contributed by atoms with Crippen LogP contribution in [-0.2, 0) is 6.61 Å². The van der Waals surface area contributed by atoms with E-state index in [0.717, 1.165) is 22.2 Å². The van der Waals surface area contributed by atoms with Crippen molar-refractivity contribution in [3.05, 3.63) is 65.9 Å². The maximum absolute atomic E-state index is 9.72. The summed E-state index contributed by atoms with van der Waals surface area (Å²) in [5.74, 6) is 0.647. The van der Waals surface area contributed by atoms with E-state index in [1.54, 1.807) is 18.2 Å². The first kappa shape index (κ1) is 12.5. The highest BCUT2D eigenvalue weighted by molar-refractivity contribution is 5.82. The number of fused-ring (bicyclic) bond motifs is 1. The minimum Gasteiger partial charge on any atom is -0.504 e. The second-order valence-electron chi connectivity index (χ2n) is 4.70. The third kappa shape index (κ3) is 2.43. The molecule has 0 saturated carbocycles. The van der Waals surface area contributed by atoms with Gasteiger partial charge < -0.3 is 9.84 Å². The van der Waals surface area contributed by atoms with E-state index < -0.39 is 0 Å². The lowest BCUT2D eigenvalue weighted by Gasteiger charge is -2.10. The maximum atomic E-state index is 9.72. The third-order valence-electron chi connectivity index (χ3n) is 3.18. The normalized spacial score (nSPS) is 10.7. The van der Waals surface area contributed by atoms with Crippen molar-refractivity contribution in [1.82, 2.24) is 4.98 Å². The summed E-state index contributed by atoms with van der Waals surface area (Å²) in [6, 6.07) is 17.0. The number of phenolic OH excluding ortho intramolecular Hbond substituents is 1. The molecule has 0 unspecified atom stereocenters. The number of hydrogen-bond acceptors (Lipinski definition) is 3. The molecule has 3 aromatic rings. The molecule has 0 aliphatic carbocycles. The van der Waals surface area contributed by atoms with E-state index in [9.17, 15) is 5.11 Å². The van der Waals surface area contributed by atoms with Crippen molar-refractivity contribution in [2.75, 3.05) is 0 Å². The molecule has 0 fully saturated rings. The van der Waals surface area contributed by atoms with Gasteiger partial charge in [0.05, 0.1) is 5.52 Å². The number of pyridine rings is 1. The van der Waals surface area contributed by atoms with Gasteiger partial charge in [0.2, 0.25) is 0 Å². The van der Waals surface area contributed by atoms with E-state index in [2.05, 4.69) is 4.98 Å². The van der Waals surface area contributed by atoms with Crippen molar-refractivity contribution < 1.29 is 9.84 Å². The lowest BCUT2D eigenvalue weighted by Crippen LogP contribution is -1.98. The van der Waals surface area contributed by atoms with Crippen molar-refractivity contribution in [3.63, 3.8) is 0 Å². The molecule has 2 aromatic carbocycles. The van der Waals surface area contributed by atoms with Gasteiger partial charge in [-0.15, -0.1) is 0 Å². The Balaban J connectivity index is 1.93. The van der Waals surface area contributed by atoms with Crippen LogP contribution in [-0.4, -0.2) is 10.1 Å². The van der Waals surface area contributed by atoms with E-state index >= 15 is 0 Å². The fraction of sp³-hybridized carbons (Fsp3) is 0.118. The highest BCUT2D eigenvalue weighted by Gasteiger charge is 2.06. The summed E-state index contributed by atoms with van der Waals surface area (Å²) in [4.78, 5) is 4.50. The first-order valence-corrected chi connectivity index (χ1v) is 6.50. The van der Waals surface area contributed by atoms with Crippen LogP contribution in [0.3, 0.4) is 0 Å². The zero-order chi connectivity index (χ0) is 13.9. The van der Waals surface area contributed by atoms with Gasteiger partial charge in [-0.05, 0) is 31.2 Å². The average molecular weight is 265 g/mol. The number of phenols is 1. The average Bonchev–Trinajstić information content (AvgIpc) is 2.46. The Morgan fingerprint density at radius 3 is 2.65 bits per heavy atom. The smallest absolute Gasteiger partial charge is 0.161 e. The lowest BCUT2D eigenvalue weighted by molar-refractivity contribution is 0.290. The predicted octanol–water partition coefficient (Wildman–Crippen LogP) is 3.83. The first-order chi connectivity index (χ1) is 9.74. The molecular formula is C17H15NO2. The van der Waals surface area contributed by atoms with Crippen LogP contribution in [0.2, 0.25) is 0 Å². The number of para-hydroxylation sites is 3. The topological polar surface area (TPSA) is 42.4 Å². The molecule has 0 saturated heterocycles. The molecule has 0 spiro atoms. The Morgan fingerprint density at radius 1 is 1.05 bits per heavy atom. The molecule has 3 rings (SSSR count). The number of hydrogen-bond donors (Lipinski definition) is 1. The number of ether oxygens (including phenoxy) is 1. The number of aryl methyl sites for hydroxylation is 1. The van der Waals surface area contributed by atoms with Crippen molar-refractivity contribution in [1.29, 1.82) is 0 Å². The number of nitrogens with zero attached hydrogens (tertiary/aromatic N) is 1. The minimum absolute atomic E-state index is 0.155. The van der Waals surface area contributed by atoms with E-state index in [-0.39, 0.29) is 5.75 Å². The number of aromatic nitrogens is 1. The minimum atomic E-state index is 0.155. The number of rotatable bonds is 3. The zero-order valence-corrected chi connectivity index (χ0v) is 11.2. The SMILES string of the molecule is Cc1cc(COc2ccccc2O)c2ccccc2n1. The molecule has 1 aromatic heterocycles. The predicted molar refractivity (Wildman–Crippen MR) is 78.9 cm³/mol. The van der Waals surface area contributed by atoms with E-state index in [4.69, 9.17) is 4.74 Å². The Labute approximate surface area is 117 Å². The molecule has 0 aliphatic heterocycles. The largest absolute Gasteiger partial charge is 0.504 e. The van der Waals surface area contributed by atoms with Crippen LogP contribution in [0, 0.1) is 6.92 Å². The van der Waals surface area contributed by atoms with Crippen molar-refractivity contribution in [2.24, 2.45) is 0 Å². The summed E-state index contributed by atoms with van der Waals surface area (Å²) in [5.41, 5.74) is 2.99. The first-order valence-electron chi connectivity index (χ1n) is 6.50. The molecule has 3 heteroatoms. The fourth-order valence-electron chi connectivity index (χ4n) is 2.25. The van der Waals surface area contributed by atoms with Crippen LogP contribution in [0.4, 0.5) is 0 Å². The quantitative estimate of drug-likeness (QED) is 0.782. The van der Waals surface area contributed by atoms with Crippen molar-refractivity contribution in [3.8, 4) is 11.5 Å². The number of aromatic hydroxyl groups is 1. The molecule has 0 radical (unpaired) electrons. The second kappa shape index (κ2) is 5.21. The Kier molecular flexibility index (Phi) is 3.25. The van der Waals surface area contributed by atoms with Gasteiger partial charge in [0.25, 0.3) is 0 Å². The van der Waals surface area contributed by atoms with Crippen LogP contribution in [0.1, 0.15) is 11.3 Å². The highest BCUT2D eigenvalue weighted by Crippen LogP contribution is 2.26. The summed E-state index contributed by atoms with van der Waals surface area (Å²) in [6.45, 7) is 2.37. The molecular weight excluding hydrogens is 250 g/mol. The van der Waals surface area contributed by atoms with Gasteiger partial charge in [0.1, 0.15) is 6.61 Å². The summed E-state index contributed by atoms with van der Waals surface area (Å²) in [6.07, 6.45) is 0. The molecule has 1 N–H and O–H groups in total. The summed E-state index contributed by atoms with van der Waals surface area (Å²) in [7, 11) is 0. The molecule has 1 heterocycles. The van der Waals surface area contributed by atoms with Crippen LogP contribution in [0.5, 0.6) is 11.5 Å². The van der Waals surface area contributed by atoms with Gasteiger partial charge in [-0.2, -0.15) is 0 Å². The van der Waals surface area contributed by atoms with Crippen LogP contribution < -0.4 is 4.74 Å². The van der Waals surface area contributed by atoms with Crippen LogP contribution in [0.25, 0.3) is 10.9 Å². The van der Waals surface area contributed by atoms with Gasteiger partial charge in [-0.25, -0.2) is 0 Å². The lowest BCUT2D eigenvalue weighted by atomic mass is 10.1.